The number of halogens is 2. The van der Waals surface area contributed by atoms with Gasteiger partial charge in [-0.2, -0.15) is 0 Å². The van der Waals surface area contributed by atoms with Gasteiger partial charge < -0.3 is 19.5 Å². The molecule has 1 atom stereocenters. The van der Waals surface area contributed by atoms with Gasteiger partial charge in [-0.1, -0.05) is 0 Å². The molecular weight excluding hydrogens is 420 g/mol. The summed E-state index contributed by atoms with van der Waals surface area (Å²) >= 11 is 0. The summed E-state index contributed by atoms with van der Waals surface area (Å²) in [6.45, 7) is 0.371. The lowest BCUT2D eigenvalue weighted by Crippen LogP contribution is -2.44. The Morgan fingerprint density at radius 1 is 1.09 bits per heavy atom. The maximum atomic E-state index is 13.7. The zero-order valence-electron chi connectivity index (χ0n) is 18.5. The third-order valence-electron chi connectivity index (χ3n) is 6.05. The number of amides is 1. The molecule has 0 bridgehead atoms. The third-order valence-corrected chi connectivity index (χ3v) is 6.05. The lowest BCUT2D eigenvalue weighted by molar-refractivity contribution is 0.0816. The first kappa shape index (κ1) is 23.8. The Balaban J connectivity index is 1.67. The van der Waals surface area contributed by atoms with Crippen LogP contribution in [0.3, 0.4) is 0 Å². The number of alkyl halides is 2. The highest BCUT2D eigenvalue weighted by Crippen LogP contribution is 2.42. The summed E-state index contributed by atoms with van der Waals surface area (Å²) in [5.74, 6) is 0.363. The predicted molar refractivity (Wildman–Crippen MR) is 114 cm³/mol. The van der Waals surface area contributed by atoms with Gasteiger partial charge in [0, 0.05) is 25.6 Å². The Kier molecular flexibility index (Phi) is 8.33. The van der Waals surface area contributed by atoms with Gasteiger partial charge in [0.2, 0.25) is 11.8 Å². The van der Waals surface area contributed by atoms with Crippen molar-refractivity contribution in [3.63, 3.8) is 0 Å². The normalized spacial score (nSPS) is 19.4. The van der Waals surface area contributed by atoms with Crippen molar-refractivity contribution < 1.29 is 27.8 Å². The summed E-state index contributed by atoms with van der Waals surface area (Å²) in [7, 11) is 4.46. The molecule has 2 heterocycles. The van der Waals surface area contributed by atoms with Crippen LogP contribution in [0.2, 0.25) is 0 Å². The average Bonchev–Trinajstić information content (AvgIpc) is 2.83. The van der Waals surface area contributed by atoms with Gasteiger partial charge in [0.1, 0.15) is 0 Å². The number of ether oxygens (including phenoxy) is 3. The van der Waals surface area contributed by atoms with Crippen LogP contribution >= 0.6 is 0 Å². The third kappa shape index (κ3) is 5.51. The van der Waals surface area contributed by atoms with Crippen LogP contribution in [0.15, 0.2) is 30.6 Å². The Morgan fingerprint density at radius 2 is 1.84 bits per heavy atom. The van der Waals surface area contributed by atoms with Crippen LogP contribution in [0.25, 0.3) is 0 Å². The largest absolute Gasteiger partial charge is 0.481 e. The number of nitrogens with zero attached hydrogens (tertiary/aromatic N) is 2. The SMILES string of the molecule is COC[C@H](NC(=O)c1ccc(OC)nc1)C1CCC(c2ccnc(OC)c2C(F)F)CC1. The molecule has 0 spiro atoms. The van der Waals surface area contributed by atoms with Crippen molar-refractivity contribution in [1.29, 1.82) is 0 Å². The lowest BCUT2D eigenvalue weighted by atomic mass is 9.75. The second kappa shape index (κ2) is 11.2. The topological polar surface area (TPSA) is 82.6 Å². The lowest BCUT2D eigenvalue weighted by Gasteiger charge is -2.35. The Hall–Kier alpha value is -2.81. The fourth-order valence-electron chi connectivity index (χ4n) is 4.40. The van der Waals surface area contributed by atoms with E-state index in [0.717, 1.165) is 25.7 Å². The van der Waals surface area contributed by atoms with Gasteiger partial charge in [-0.05, 0) is 55.2 Å². The molecule has 9 heteroatoms. The van der Waals surface area contributed by atoms with Crippen molar-refractivity contribution >= 4 is 5.91 Å². The van der Waals surface area contributed by atoms with E-state index < -0.39 is 6.43 Å². The van der Waals surface area contributed by atoms with E-state index in [9.17, 15) is 13.6 Å². The first-order chi connectivity index (χ1) is 15.5. The molecule has 0 saturated heterocycles. The molecule has 7 nitrogen and oxygen atoms in total. The second-order valence-electron chi connectivity index (χ2n) is 7.86. The number of carbonyl (C=O) groups excluding carboxylic acids is 1. The van der Waals surface area contributed by atoms with Gasteiger partial charge in [0.15, 0.2) is 0 Å². The Bertz CT molecular complexity index is 887. The first-order valence-corrected chi connectivity index (χ1v) is 10.6. The van der Waals surface area contributed by atoms with E-state index in [1.165, 1.54) is 26.6 Å². The molecular formula is C23H29F2N3O4. The highest BCUT2D eigenvalue weighted by atomic mass is 19.3. The van der Waals surface area contributed by atoms with E-state index in [4.69, 9.17) is 14.2 Å². The van der Waals surface area contributed by atoms with Crippen LogP contribution in [-0.4, -0.2) is 49.9 Å². The van der Waals surface area contributed by atoms with Gasteiger partial charge in [0.05, 0.1) is 38.0 Å². The van der Waals surface area contributed by atoms with Crippen molar-refractivity contribution in [2.75, 3.05) is 27.9 Å². The molecule has 32 heavy (non-hydrogen) atoms. The molecule has 1 N–H and O–H groups in total. The fraction of sp³-hybridized carbons (Fsp3) is 0.522. The van der Waals surface area contributed by atoms with Crippen LogP contribution in [0.1, 0.15) is 59.5 Å². The van der Waals surface area contributed by atoms with Gasteiger partial charge in [0.25, 0.3) is 12.3 Å². The molecule has 1 saturated carbocycles. The van der Waals surface area contributed by atoms with E-state index in [1.54, 1.807) is 25.3 Å². The zero-order valence-corrected chi connectivity index (χ0v) is 18.5. The number of hydrogen-bond acceptors (Lipinski definition) is 6. The summed E-state index contributed by atoms with van der Waals surface area (Å²) in [5, 5.41) is 3.05. The molecule has 1 amide bonds. The summed E-state index contributed by atoms with van der Waals surface area (Å²) < 4.78 is 42.8. The molecule has 1 aliphatic carbocycles. The maximum absolute atomic E-state index is 13.7. The molecule has 3 rings (SSSR count). The first-order valence-electron chi connectivity index (χ1n) is 10.6. The molecule has 174 valence electrons. The minimum absolute atomic E-state index is 0.00293. The van der Waals surface area contributed by atoms with E-state index in [0.29, 0.717) is 23.6 Å². The van der Waals surface area contributed by atoms with Crippen LogP contribution in [0, 0.1) is 5.92 Å². The molecule has 1 fully saturated rings. The van der Waals surface area contributed by atoms with Crippen molar-refractivity contribution in [3.8, 4) is 11.8 Å². The number of methoxy groups -OCH3 is 3. The summed E-state index contributed by atoms with van der Waals surface area (Å²) in [5.41, 5.74) is 0.917. The molecule has 0 radical (unpaired) electrons. The zero-order chi connectivity index (χ0) is 23.1. The fourth-order valence-corrected chi connectivity index (χ4v) is 4.40. The van der Waals surface area contributed by atoms with Gasteiger partial charge >= 0.3 is 0 Å². The number of pyridine rings is 2. The molecule has 1 aliphatic rings. The van der Waals surface area contributed by atoms with Gasteiger partial charge in [-0.25, -0.2) is 18.7 Å². The Labute approximate surface area is 186 Å². The van der Waals surface area contributed by atoms with E-state index in [-0.39, 0.29) is 35.2 Å². The Morgan fingerprint density at radius 3 is 2.41 bits per heavy atom. The highest BCUT2D eigenvalue weighted by Gasteiger charge is 2.32. The summed E-state index contributed by atoms with van der Waals surface area (Å²) in [6.07, 6.45) is 3.38. The molecule has 2 aromatic rings. The minimum Gasteiger partial charge on any atom is -0.481 e. The summed E-state index contributed by atoms with van der Waals surface area (Å²) in [4.78, 5) is 20.7. The van der Waals surface area contributed by atoms with Crippen LogP contribution in [0.4, 0.5) is 8.78 Å². The molecule has 2 aromatic heterocycles. The predicted octanol–water partition coefficient (Wildman–Crippen LogP) is 4.15. The highest BCUT2D eigenvalue weighted by molar-refractivity contribution is 5.94. The standard InChI is InChI=1S/C23H29F2N3O4/c1-30-13-18(28-22(29)16-8-9-19(31-2)27-12-16)15-6-4-14(5-7-15)17-10-11-26-23(32-3)20(17)21(24)25/h8-12,14-15,18,21H,4-7,13H2,1-3H3,(H,28,29)/t14?,15?,18-/m0/s1. The quantitative estimate of drug-likeness (QED) is 0.619. The number of aromatic nitrogens is 2. The van der Waals surface area contributed by atoms with E-state index >= 15 is 0 Å². The van der Waals surface area contributed by atoms with E-state index in [1.807, 2.05) is 0 Å². The van der Waals surface area contributed by atoms with Crippen molar-refractivity contribution in [3.05, 3.63) is 47.3 Å². The van der Waals surface area contributed by atoms with Gasteiger partial charge in [-0.15, -0.1) is 0 Å². The van der Waals surface area contributed by atoms with Crippen LogP contribution < -0.4 is 14.8 Å². The van der Waals surface area contributed by atoms with Gasteiger partial charge in [-0.3, -0.25) is 4.79 Å². The molecule has 0 aliphatic heterocycles. The van der Waals surface area contributed by atoms with Crippen LogP contribution in [-0.2, 0) is 4.74 Å². The number of hydrogen-bond donors (Lipinski definition) is 1. The smallest absolute Gasteiger partial charge is 0.269 e. The summed E-state index contributed by atoms with van der Waals surface area (Å²) in [6, 6.07) is 4.77. The monoisotopic (exact) mass is 449 g/mol. The van der Waals surface area contributed by atoms with Crippen LogP contribution in [0.5, 0.6) is 11.8 Å². The maximum Gasteiger partial charge on any atom is 0.269 e. The number of rotatable bonds is 9. The van der Waals surface area contributed by atoms with Crippen molar-refractivity contribution in [2.45, 2.75) is 44.1 Å². The van der Waals surface area contributed by atoms with Crippen molar-refractivity contribution in [2.24, 2.45) is 5.92 Å². The van der Waals surface area contributed by atoms with Crippen molar-refractivity contribution in [1.82, 2.24) is 15.3 Å². The van der Waals surface area contributed by atoms with E-state index in [2.05, 4.69) is 15.3 Å². The molecule has 0 aromatic carbocycles. The average molecular weight is 449 g/mol. The minimum atomic E-state index is -2.65. The number of nitrogens with one attached hydrogen (secondary N) is 1. The number of carbonyl (C=O) groups is 1. The molecule has 0 unspecified atom stereocenters. The second-order valence-corrected chi connectivity index (χ2v) is 7.86.